The first-order valence-electron chi connectivity index (χ1n) is 7.36. The smallest absolute Gasteiger partial charge is 0.0707 e. The molecule has 1 N–H and O–H groups in total. The minimum Gasteiger partial charge on any atom is -0.383 e. The van der Waals surface area contributed by atoms with E-state index in [1.165, 1.54) is 6.42 Å². The second-order valence-corrected chi connectivity index (χ2v) is 5.05. The van der Waals surface area contributed by atoms with Crippen molar-refractivity contribution in [3.8, 4) is 0 Å². The van der Waals surface area contributed by atoms with E-state index < -0.39 is 0 Å². The quantitative estimate of drug-likeness (QED) is 0.602. The molecule has 5 nitrogen and oxygen atoms in total. The lowest BCUT2D eigenvalue weighted by atomic mass is 10.2. The van der Waals surface area contributed by atoms with E-state index in [-0.39, 0.29) is 0 Å². The summed E-state index contributed by atoms with van der Waals surface area (Å²) in [5.74, 6) is 0. The van der Waals surface area contributed by atoms with Gasteiger partial charge in [-0.05, 0) is 19.4 Å². The van der Waals surface area contributed by atoms with Gasteiger partial charge in [0.25, 0.3) is 0 Å². The van der Waals surface area contributed by atoms with Gasteiger partial charge in [0, 0.05) is 40.4 Å². The molecule has 2 atom stereocenters. The molecule has 19 heavy (non-hydrogen) atoms. The average Bonchev–Trinajstić information content (AvgIpc) is 2.87. The molecule has 1 aliphatic rings. The molecule has 5 heteroatoms. The molecule has 0 aromatic heterocycles. The summed E-state index contributed by atoms with van der Waals surface area (Å²) in [5.41, 5.74) is 0. The second kappa shape index (κ2) is 10.6. The van der Waals surface area contributed by atoms with Crippen molar-refractivity contribution in [1.82, 2.24) is 10.2 Å². The van der Waals surface area contributed by atoms with Crippen molar-refractivity contribution < 1.29 is 14.2 Å². The zero-order chi connectivity index (χ0) is 13.9. The molecule has 1 saturated heterocycles. The lowest BCUT2D eigenvalue weighted by molar-refractivity contribution is 0.0138. The molecule has 1 heterocycles. The van der Waals surface area contributed by atoms with Gasteiger partial charge in [-0.15, -0.1) is 0 Å². The van der Waals surface area contributed by atoms with Gasteiger partial charge < -0.3 is 19.5 Å². The number of rotatable bonds is 11. The lowest BCUT2D eigenvalue weighted by Gasteiger charge is -2.25. The van der Waals surface area contributed by atoms with Gasteiger partial charge in [0.15, 0.2) is 0 Å². The van der Waals surface area contributed by atoms with E-state index in [4.69, 9.17) is 14.2 Å². The fraction of sp³-hybridized carbons (Fsp3) is 1.00. The number of ether oxygens (including phenoxy) is 3. The van der Waals surface area contributed by atoms with Crippen LogP contribution in [0.5, 0.6) is 0 Å². The van der Waals surface area contributed by atoms with Crippen molar-refractivity contribution >= 4 is 0 Å². The molecule has 114 valence electrons. The number of hydrogen-bond acceptors (Lipinski definition) is 5. The predicted octanol–water partition coefficient (Wildman–Crippen LogP) is 0.738. The molecular weight excluding hydrogens is 244 g/mol. The van der Waals surface area contributed by atoms with Crippen LogP contribution in [0.2, 0.25) is 0 Å². The van der Waals surface area contributed by atoms with E-state index in [2.05, 4.69) is 17.1 Å². The molecule has 0 aliphatic carbocycles. The number of likely N-dealkylation sites (N-methyl/N-ethyl adjacent to an activating group) is 1. The van der Waals surface area contributed by atoms with Crippen LogP contribution in [0, 0.1) is 0 Å². The second-order valence-electron chi connectivity index (χ2n) is 5.05. The molecule has 0 amide bonds. The summed E-state index contributed by atoms with van der Waals surface area (Å²) < 4.78 is 16.4. The number of nitrogens with zero attached hydrogens (tertiary/aromatic N) is 1. The summed E-state index contributed by atoms with van der Waals surface area (Å²) in [5, 5.41) is 3.35. The van der Waals surface area contributed by atoms with Crippen molar-refractivity contribution in [3.63, 3.8) is 0 Å². The molecule has 2 unspecified atom stereocenters. The topological polar surface area (TPSA) is 43.0 Å². The molecule has 0 bridgehead atoms. The Morgan fingerprint density at radius 1 is 1.11 bits per heavy atom. The van der Waals surface area contributed by atoms with E-state index in [9.17, 15) is 0 Å². The van der Waals surface area contributed by atoms with Crippen molar-refractivity contribution in [2.75, 3.05) is 60.2 Å². The molecular formula is C14H30N2O3. The molecule has 0 aromatic rings. The highest BCUT2D eigenvalue weighted by Gasteiger charge is 2.26. The Labute approximate surface area is 117 Å². The first kappa shape index (κ1) is 16.9. The SMILES string of the molecule is CCNCC1CCC(CN(CCOC)CCOC)O1. The fourth-order valence-electron chi connectivity index (χ4n) is 2.39. The minimum atomic E-state index is 0.359. The Bertz CT molecular complexity index is 209. The Hall–Kier alpha value is -0.200. The monoisotopic (exact) mass is 274 g/mol. The summed E-state index contributed by atoms with van der Waals surface area (Å²) in [4.78, 5) is 2.37. The number of methoxy groups -OCH3 is 2. The summed E-state index contributed by atoms with van der Waals surface area (Å²) in [6.07, 6.45) is 3.07. The summed E-state index contributed by atoms with van der Waals surface area (Å²) >= 11 is 0. The standard InChI is InChI=1S/C14H30N2O3/c1-4-15-11-13-5-6-14(19-13)12-16(7-9-17-2)8-10-18-3/h13-15H,4-12H2,1-3H3. The van der Waals surface area contributed by atoms with Crippen molar-refractivity contribution in [1.29, 1.82) is 0 Å². The first-order valence-corrected chi connectivity index (χ1v) is 7.36. The van der Waals surface area contributed by atoms with E-state index in [0.717, 1.165) is 52.4 Å². The van der Waals surface area contributed by atoms with Crippen LogP contribution >= 0.6 is 0 Å². The third kappa shape index (κ3) is 7.22. The van der Waals surface area contributed by atoms with Gasteiger partial charge in [-0.3, -0.25) is 4.90 Å². The Morgan fingerprint density at radius 2 is 1.74 bits per heavy atom. The van der Waals surface area contributed by atoms with Crippen LogP contribution < -0.4 is 5.32 Å². The van der Waals surface area contributed by atoms with E-state index >= 15 is 0 Å². The first-order chi connectivity index (χ1) is 9.30. The molecule has 0 spiro atoms. The highest BCUT2D eigenvalue weighted by Crippen LogP contribution is 2.20. The summed E-state index contributed by atoms with van der Waals surface area (Å²) in [6, 6.07) is 0. The Kier molecular flexibility index (Phi) is 9.38. The van der Waals surface area contributed by atoms with Gasteiger partial charge in [-0.1, -0.05) is 6.92 Å². The molecule has 1 aliphatic heterocycles. The zero-order valence-electron chi connectivity index (χ0n) is 12.7. The van der Waals surface area contributed by atoms with Crippen LogP contribution in [0.25, 0.3) is 0 Å². The van der Waals surface area contributed by atoms with Gasteiger partial charge in [-0.2, -0.15) is 0 Å². The maximum absolute atomic E-state index is 6.07. The Balaban J connectivity index is 2.25. The average molecular weight is 274 g/mol. The van der Waals surface area contributed by atoms with E-state index in [1.807, 2.05) is 0 Å². The van der Waals surface area contributed by atoms with Crippen molar-refractivity contribution in [2.45, 2.75) is 32.0 Å². The minimum absolute atomic E-state index is 0.359. The van der Waals surface area contributed by atoms with Crippen LogP contribution in [0.1, 0.15) is 19.8 Å². The van der Waals surface area contributed by atoms with Gasteiger partial charge in [0.1, 0.15) is 0 Å². The summed E-state index contributed by atoms with van der Waals surface area (Å²) in [7, 11) is 3.49. The van der Waals surface area contributed by atoms with Crippen LogP contribution in [-0.2, 0) is 14.2 Å². The molecule has 0 aromatic carbocycles. The molecule has 1 fully saturated rings. The van der Waals surface area contributed by atoms with Crippen molar-refractivity contribution in [3.05, 3.63) is 0 Å². The zero-order valence-corrected chi connectivity index (χ0v) is 12.7. The van der Waals surface area contributed by atoms with Gasteiger partial charge in [0.2, 0.25) is 0 Å². The van der Waals surface area contributed by atoms with Gasteiger partial charge >= 0.3 is 0 Å². The highest BCUT2D eigenvalue weighted by atomic mass is 16.5. The number of nitrogens with one attached hydrogen (secondary N) is 1. The summed E-state index contributed by atoms with van der Waals surface area (Å²) in [6.45, 7) is 8.50. The fourth-order valence-corrected chi connectivity index (χ4v) is 2.39. The van der Waals surface area contributed by atoms with Gasteiger partial charge in [-0.25, -0.2) is 0 Å². The highest BCUT2D eigenvalue weighted by molar-refractivity contribution is 4.78. The molecule has 0 saturated carbocycles. The third-order valence-electron chi connectivity index (χ3n) is 3.50. The normalized spacial score (nSPS) is 23.4. The van der Waals surface area contributed by atoms with E-state index in [1.54, 1.807) is 14.2 Å². The van der Waals surface area contributed by atoms with E-state index in [0.29, 0.717) is 12.2 Å². The maximum atomic E-state index is 6.07. The van der Waals surface area contributed by atoms with Crippen LogP contribution in [0.3, 0.4) is 0 Å². The Morgan fingerprint density at radius 3 is 2.32 bits per heavy atom. The largest absolute Gasteiger partial charge is 0.383 e. The van der Waals surface area contributed by atoms with Crippen molar-refractivity contribution in [2.24, 2.45) is 0 Å². The maximum Gasteiger partial charge on any atom is 0.0707 e. The molecule has 1 rings (SSSR count). The van der Waals surface area contributed by atoms with Crippen LogP contribution in [0.4, 0.5) is 0 Å². The third-order valence-corrected chi connectivity index (χ3v) is 3.50. The van der Waals surface area contributed by atoms with Crippen LogP contribution in [0.15, 0.2) is 0 Å². The lowest BCUT2D eigenvalue weighted by Crippen LogP contribution is -2.37. The molecule has 0 radical (unpaired) electrons. The van der Waals surface area contributed by atoms with Crippen LogP contribution in [-0.4, -0.2) is 77.3 Å². The number of hydrogen-bond donors (Lipinski definition) is 1. The predicted molar refractivity (Wildman–Crippen MR) is 76.6 cm³/mol. The van der Waals surface area contributed by atoms with Gasteiger partial charge in [0.05, 0.1) is 25.4 Å².